The summed E-state index contributed by atoms with van der Waals surface area (Å²) in [4.78, 5) is 17.0. The van der Waals surface area contributed by atoms with E-state index in [4.69, 9.17) is 4.74 Å². The normalized spacial score (nSPS) is 11.1. The average Bonchev–Trinajstić information content (AvgIpc) is 3.06. The first-order valence-corrected chi connectivity index (χ1v) is 17.1. The Bertz CT molecular complexity index is 1720. The Hall–Kier alpha value is -4.70. The van der Waals surface area contributed by atoms with Crippen molar-refractivity contribution in [1.82, 2.24) is 5.32 Å². The summed E-state index contributed by atoms with van der Waals surface area (Å²) in [6.07, 6.45) is 2.08. The molecule has 0 saturated heterocycles. The quantitative estimate of drug-likeness (QED) is 0.117. The fourth-order valence-electron chi connectivity index (χ4n) is 5.29. The summed E-state index contributed by atoms with van der Waals surface area (Å²) in [5, 5.41) is 6.19. The zero-order chi connectivity index (χ0) is 33.1. The molecule has 0 heterocycles. The molecular weight excluding hydrogens is 598 g/mol. The number of nitrogens with one attached hydrogen (secondary N) is 3. The predicted molar refractivity (Wildman–Crippen MR) is 190 cm³/mol. The molecule has 4 aromatic carbocycles. The average molecular weight is 644 g/mol. The van der Waals surface area contributed by atoms with Crippen molar-refractivity contribution in [2.45, 2.75) is 31.6 Å². The number of sulfonamides is 1. The summed E-state index contributed by atoms with van der Waals surface area (Å²) in [6.45, 7) is 7.08. The van der Waals surface area contributed by atoms with Crippen LogP contribution in [0.4, 0.5) is 22.7 Å². The van der Waals surface area contributed by atoms with Gasteiger partial charge in [0.05, 0.1) is 18.4 Å². The number of hydrogen-bond donors (Lipinski definition) is 3. The van der Waals surface area contributed by atoms with Crippen molar-refractivity contribution in [3.63, 3.8) is 0 Å². The number of anilines is 4. The molecule has 3 N–H and O–H groups in total. The van der Waals surface area contributed by atoms with E-state index in [1.807, 2.05) is 61.5 Å². The van der Waals surface area contributed by atoms with Crippen molar-refractivity contribution in [2.24, 2.45) is 0 Å². The van der Waals surface area contributed by atoms with Gasteiger partial charge in [0.25, 0.3) is 15.9 Å². The van der Waals surface area contributed by atoms with Crippen LogP contribution in [-0.4, -0.2) is 61.7 Å². The molecule has 0 atom stereocenters. The van der Waals surface area contributed by atoms with Crippen LogP contribution in [0, 0.1) is 0 Å². The molecule has 0 fully saturated rings. The van der Waals surface area contributed by atoms with Crippen LogP contribution < -0.4 is 29.9 Å². The summed E-state index contributed by atoms with van der Waals surface area (Å²) in [5.74, 6) is 0.0987. The summed E-state index contributed by atoms with van der Waals surface area (Å²) >= 11 is 0. The van der Waals surface area contributed by atoms with Gasteiger partial charge < -0.3 is 25.2 Å². The molecule has 0 aliphatic carbocycles. The van der Waals surface area contributed by atoms with E-state index < -0.39 is 10.0 Å². The zero-order valence-corrected chi connectivity index (χ0v) is 28.2. The monoisotopic (exact) mass is 643 g/mol. The molecule has 0 aliphatic heterocycles. The maximum atomic E-state index is 13.7. The van der Waals surface area contributed by atoms with E-state index in [0.29, 0.717) is 30.0 Å². The van der Waals surface area contributed by atoms with Gasteiger partial charge in [-0.2, -0.15) is 0 Å². The van der Waals surface area contributed by atoms with Gasteiger partial charge in [-0.1, -0.05) is 50.2 Å². The fraction of sp³-hybridized carbons (Fsp3) is 0.306. The highest BCUT2D eigenvalue weighted by molar-refractivity contribution is 7.92. The molecule has 9 nitrogen and oxygen atoms in total. The smallest absolute Gasteiger partial charge is 0.265 e. The van der Waals surface area contributed by atoms with E-state index >= 15 is 0 Å². The molecule has 0 saturated carbocycles. The Labute approximate surface area is 273 Å². The number of para-hydroxylation sites is 1. The van der Waals surface area contributed by atoms with Gasteiger partial charge in [-0.25, -0.2) is 8.42 Å². The standard InChI is InChI=1S/C36H45N5O4S/c1-6-22-41(23-7-2)31-15-10-12-27(24-31)28-18-19-34(45-5)35(25-28)46(43,44)39-30-14-11-13-29(26-30)37-20-21-38-36(42)32-16-8-9-17-33(32)40(3)4/h8-19,24-26,37,39H,6-7,20-23H2,1-5H3,(H,38,42). The van der Waals surface area contributed by atoms with E-state index in [-0.39, 0.29) is 16.6 Å². The number of rotatable bonds is 16. The third kappa shape index (κ3) is 8.72. The van der Waals surface area contributed by atoms with Crippen molar-refractivity contribution < 1.29 is 17.9 Å². The van der Waals surface area contributed by atoms with E-state index in [2.05, 4.69) is 46.2 Å². The van der Waals surface area contributed by atoms with Crippen molar-refractivity contribution in [3.8, 4) is 16.9 Å². The van der Waals surface area contributed by atoms with Gasteiger partial charge in [-0.05, 0) is 78.6 Å². The van der Waals surface area contributed by atoms with Crippen LogP contribution in [0.1, 0.15) is 37.0 Å². The molecule has 0 aromatic heterocycles. The van der Waals surface area contributed by atoms with Crippen LogP contribution in [0.5, 0.6) is 5.75 Å². The summed E-state index contributed by atoms with van der Waals surface area (Å²) in [7, 11) is 1.26. The SMILES string of the molecule is CCCN(CCC)c1cccc(-c2ccc(OC)c(S(=O)(=O)Nc3cccc(NCCNC(=O)c4ccccc4N(C)C)c3)c2)c1. The molecule has 0 unspecified atom stereocenters. The predicted octanol–water partition coefficient (Wildman–Crippen LogP) is 6.70. The van der Waals surface area contributed by atoms with Crippen molar-refractivity contribution in [1.29, 1.82) is 0 Å². The molecule has 10 heteroatoms. The van der Waals surface area contributed by atoms with Gasteiger partial charge in [0.2, 0.25) is 0 Å². The minimum absolute atomic E-state index is 0.0518. The fourth-order valence-corrected chi connectivity index (χ4v) is 6.54. The minimum Gasteiger partial charge on any atom is -0.495 e. The number of hydrogen-bond acceptors (Lipinski definition) is 7. The second-order valence-electron chi connectivity index (χ2n) is 11.2. The maximum Gasteiger partial charge on any atom is 0.265 e. The summed E-state index contributed by atoms with van der Waals surface area (Å²) < 4.78 is 35.6. The second kappa shape index (κ2) is 16.0. The molecule has 0 radical (unpaired) electrons. The number of carbonyl (C=O) groups excluding carboxylic acids is 1. The highest BCUT2D eigenvalue weighted by Gasteiger charge is 2.21. The Morgan fingerprint density at radius 2 is 1.48 bits per heavy atom. The van der Waals surface area contributed by atoms with E-state index in [1.165, 1.54) is 7.11 Å². The van der Waals surface area contributed by atoms with Crippen LogP contribution in [0.2, 0.25) is 0 Å². The van der Waals surface area contributed by atoms with E-state index in [1.54, 1.807) is 36.4 Å². The van der Waals surface area contributed by atoms with Gasteiger partial charge in [0.15, 0.2) is 0 Å². The lowest BCUT2D eigenvalue weighted by Gasteiger charge is -2.24. The van der Waals surface area contributed by atoms with Gasteiger partial charge in [-0.3, -0.25) is 9.52 Å². The Kier molecular flexibility index (Phi) is 11.9. The summed E-state index contributed by atoms with van der Waals surface area (Å²) in [5.41, 5.74) is 5.38. The first-order chi connectivity index (χ1) is 22.2. The van der Waals surface area contributed by atoms with E-state index in [9.17, 15) is 13.2 Å². The summed E-state index contributed by atoms with van der Waals surface area (Å²) in [6, 6.07) is 27.9. The number of nitrogens with zero attached hydrogens (tertiary/aromatic N) is 2. The maximum absolute atomic E-state index is 13.7. The lowest BCUT2D eigenvalue weighted by Crippen LogP contribution is -2.30. The van der Waals surface area contributed by atoms with Crippen molar-refractivity contribution in [2.75, 3.05) is 67.2 Å². The number of amides is 1. The first kappa shape index (κ1) is 34.2. The first-order valence-electron chi connectivity index (χ1n) is 15.6. The molecule has 244 valence electrons. The largest absolute Gasteiger partial charge is 0.495 e. The van der Waals surface area contributed by atoms with Gasteiger partial charge in [0, 0.05) is 57.3 Å². The molecule has 1 amide bonds. The number of carbonyl (C=O) groups is 1. The highest BCUT2D eigenvalue weighted by Crippen LogP contribution is 2.33. The van der Waals surface area contributed by atoms with Gasteiger partial charge in [-0.15, -0.1) is 0 Å². The minimum atomic E-state index is -4.00. The lowest BCUT2D eigenvalue weighted by molar-refractivity contribution is 0.0955. The number of methoxy groups -OCH3 is 1. The zero-order valence-electron chi connectivity index (χ0n) is 27.3. The Balaban J connectivity index is 1.46. The van der Waals surface area contributed by atoms with Gasteiger partial charge >= 0.3 is 0 Å². The molecule has 4 rings (SSSR count). The number of benzene rings is 4. The molecule has 4 aromatic rings. The molecular formula is C36H45N5O4S. The molecule has 0 aliphatic rings. The van der Waals surface area contributed by atoms with Crippen LogP contribution in [0.15, 0.2) is 95.9 Å². The van der Waals surface area contributed by atoms with Crippen LogP contribution in [0.25, 0.3) is 11.1 Å². The Morgan fingerprint density at radius 3 is 2.20 bits per heavy atom. The lowest BCUT2D eigenvalue weighted by atomic mass is 10.0. The Morgan fingerprint density at radius 1 is 0.783 bits per heavy atom. The van der Waals surface area contributed by atoms with Crippen LogP contribution in [0.3, 0.4) is 0 Å². The second-order valence-corrected chi connectivity index (χ2v) is 12.8. The molecule has 46 heavy (non-hydrogen) atoms. The highest BCUT2D eigenvalue weighted by atomic mass is 32.2. The molecule has 0 spiro atoms. The van der Waals surface area contributed by atoms with Crippen molar-refractivity contribution >= 4 is 38.7 Å². The topological polar surface area (TPSA) is 103 Å². The van der Waals surface area contributed by atoms with E-state index in [0.717, 1.165) is 48.4 Å². The third-order valence-corrected chi connectivity index (χ3v) is 8.87. The van der Waals surface area contributed by atoms with Crippen LogP contribution >= 0.6 is 0 Å². The molecule has 0 bridgehead atoms. The van der Waals surface area contributed by atoms with Crippen molar-refractivity contribution in [3.05, 3.63) is 96.6 Å². The van der Waals surface area contributed by atoms with Gasteiger partial charge in [0.1, 0.15) is 10.6 Å². The number of ether oxygens (including phenoxy) is 1. The third-order valence-electron chi connectivity index (χ3n) is 7.47. The van der Waals surface area contributed by atoms with Crippen LogP contribution in [-0.2, 0) is 10.0 Å².